The maximum Gasteiger partial charge on any atom is 0.0429 e. The van der Waals surface area contributed by atoms with Crippen LogP contribution in [0.1, 0.15) is 32.1 Å². The minimum Gasteiger partial charge on any atom is -0.329 e. The van der Waals surface area contributed by atoms with Gasteiger partial charge < -0.3 is 5.73 Å². The number of rotatable bonds is 2. The van der Waals surface area contributed by atoms with Crippen molar-refractivity contribution < 1.29 is 0 Å². The van der Waals surface area contributed by atoms with Crippen molar-refractivity contribution in [1.82, 2.24) is 4.90 Å². The molecule has 0 aromatic carbocycles. The Balaban J connectivity index is 2.01. The number of likely N-dealkylation sites (tertiary alicyclic amines) is 1. The zero-order chi connectivity index (χ0) is 9.86. The monoisotopic (exact) mass is 214 g/mol. The van der Waals surface area contributed by atoms with Crippen LogP contribution in [0, 0.1) is 0 Å². The molecular weight excluding hydrogens is 192 g/mol. The second-order valence-corrected chi connectivity index (χ2v) is 5.74. The van der Waals surface area contributed by atoms with Crippen molar-refractivity contribution in [1.29, 1.82) is 0 Å². The van der Waals surface area contributed by atoms with Crippen LogP contribution in [0.15, 0.2) is 0 Å². The summed E-state index contributed by atoms with van der Waals surface area (Å²) in [6.45, 7) is 3.44. The largest absolute Gasteiger partial charge is 0.329 e. The molecule has 0 aromatic rings. The predicted octanol–water partition coefficient (Wildman–Crippen LogP) is 1.70. The van der Waals surface area contributed by atoms with Crippen molar-refractivity contribution in [2.45, 2.75) is 37.6 Å². The maximum atomic E-state index is 6.00. The normalized spacial score (nSPS) is 35.8. The van der Waals surface area contributed by atoms with E-state index in [2.05, 4.69) is 16.7 Å². The van der Waals surface area contributed by atoms with Crippen LogP contribution < -0.4 is 5.73 Å². The molecule has 2 N–H and O–H groups in total. The average Bonchev–Trinajstić information content (AvgIpc) is 2.54. The molecule has 2 rings (SSSR count). The Bertz CT molecular complexity index is 170. The highest BCUT2D eigenvalue weighted by Gasteiger charge is 2.38. The molecule has 0 aromatic heterocycles. The van der Waals surface area contributed by atoms with E-state index in [0.717, 1.165) is 6.54 Å². The first kappa shape index (κ1) is 10.8. The number of nitrogens with zero attached hydrogens (tertiary/aromatic N) is 1. The smallest absolute Gasteiger partial charge is 0.0429 e. The van der Waals surface area contributed by atoms with Crippen molar-refractivity contribution >= 4 is 11.8 Å². The van der Waals surface area contributed by atoms with E-state index in [0.29, 0.717) is 5.54 Å². The number of hydrogen-bond acceptors (Lipinski definition) is 3. The second kappa shape index (κ2) is 4.86. The first-order valence-corrected chi connectivity index (χ1v) is 7.06. The van der Waals surface area contributed by atoms with Gasteiger partial charge in [0.25, 0.3) is 0 Å². The van der Waals surface area contributed by atoms with Crippen molar-refractivity contribution in [3.63, 3.8) is 0 Å². The molecule has 2 fully saturated rings. The highest BCUT2D eigenvalue weighted by molar-refractivity contribution is 7.99. The average molecular weight is 214 g/mol. The molecule has 3 heteroatoms. The van der Waals surface area contributed by atoms with Gasteiger partial charge in [0.1, 0.15) is 0 Å². The fourth-order valence-electron chi connectivity index (χ4n) is 2.68. The van der Waals surface area contributed by atoms with Crippen molar-refractivity contribution in [2.24, 2.45) is 5.73 Å². The first-order chi connectivity index (χ1) is 6.87. The lowest BCUT2D eigenvalue weighted by Crippen LogP contribution is -2.54. The van der Waals surface area contributed by atoms with Crippen LogP contribution in [0.3, 0.4) is 0 Å². The lowest BCUT2D eigenvalue weighted by molar-refractivity contribution is 0.121. The van der Waals surface area contributed by atoms with Crippen LogP contribution in [0.25, 0.3) is 0 Å². The summed E-state index contributed by atoms with van der Waals surface area (Å²) in [4.78, 5) is 2.69. The molecule has 0 aliphatic carbocycles. The summed E-state index contributed by atoms with van der Waals surface area (Å²) in [6, 6.07) is 0. The van der Waals surface area contributed by atoms with E-state index in [9.17, 15) is 0 Å². The fraction of sp³-hybridized carbons (Fsp3) is 1.00. The molecule has 0 bridgehead atoms. The summed E-state index contributed by atoms with van der Waals surface area (Å²) < 4.78 is 0. The Morgan fingerprint density at radius 1 is 1.14 bits per heavy atom. The van der Waals surface area contributed by atoms with Crippen LogP contribution in [-0.4, -0.2) is 41.6 Å². The minimum atomic E-state index is 0.370. The third-order valence-corrected chi connectivity index (χ3v) is 4.97. The lowest BCUT2D eigenvalue weighted by Gasteiger charge is -2.39. The van der Waals surface area contributed by atoms with E-state index in [1.165, 1.54) is 56.7 Å². The lowest BCUT2D eigenvalue weighted by atomic mass is 9.96. The predicted molar refractivity (Wildman–Crippen MR) is 63.8 cm³/mol. The summed E-state index contributed by atoms with van der Waals surface area (Å²) in [6.07, 6.45) is 6.92. The van der Waals surface area contributed by atoms with Crippen LogP contribution in [-0.2, 0) is 0 Å². The van der Waals surface area contributed by atoms with Gasteiger partial charge in [0.2, 0.25) is 0 Å². The molecule has 14 heavy (non-hydrogen) atoms. The van der Waals surface area contributed by atoms with E-state index in [1.54, 1.807) is 0 Å². The molecule has 2 aliphatic rings. The Kier molecular flexibility index (Phi) is 3.74. The van der Waals surface area contributed by atoms with E-state index in [-0.39, 0.29) is 0 Å². The van der Waals surface area contributed by atoms with Crippen molar-refractivity contribution in [3.8, 4) is 0 Å². The van der Waals surface area contributed by atoms with Crippen LogP contribution in [0.5, 0.6) is 0 Å². The highest BCUT2D eigenvalue weighted by atomic mass is 32.2. The van der Waals surface area contributed by atoms with Gasteiger partial charge in [-0.3, -0.25) is 4.90 Å². The Morgan fingerprint density at radius 3 is 2.36 bits per heavy atom. The molecular formula is C11H22N2S. The summed E-state index contributed by atoms with van der Waals surface area (Å²) in [5.74, 6) is 2.58. The van der Waals surface area contributed by atoms with E-state index in [4.69, 9.17) is 5.73 Å². The number of hydrogen-bond donors (Lipinski definition) is 1. The Labute approximate surface area is 91.6 Å². The summed E-state index contributed by atoms with van der Waals surface area (Å²) in [7, 11) is 0. The SMILES string of the molecule is NCC1(N2CCCCCC2)CCSC1. The molecule has 0 saturated carbocycles. The highest BCUT2D eigenvalue weighted by Crippen LogP contribution is 2.33. The molecule has 82 valence electrons. The summed E-state index contributed by atoms with van der Waals surface area (Å²) >= 11 is 2.08. The van der Waals surface area contributed by atoms with Gasteiger partial charge in [-0.1, -0.05) is 12.8 Å². The third kappa shape index (κ3) is 2.10. The zero-order valence-corrected chi connectivity index (χ0v) is 9.82. The van der Waals surface area contributed by atoms with E-state index in [1.807, 2.05) is 0 Å². The Hall–Kier alpha value is 0.270. The van der Waals surface area contributed by atoms with Gasteiger partial charge in [0.15, 0.2) is 0 Å². The number of thioether (sulfide) groups is 1. The Morgan fingerprint density at radius 2 is 1.86 bits per heavy atom. The van der Waals surface area contributed by atoms with Crippen molar-refractivity contribution in [2.75, 3.05) is 31.1 Å². The maximum absolute atomic E-state index is 6.00. The molecule has 1 atom stereocenters. The van der Waals surface area contributed by atoms with Gasteiger partial charge in [-0.2, -0.15) is 11.8 Å². The second-order valence-electron chi connectivity index (χ2n) is 4.63. The van der Waals surface area contributed by atoms with Gasteiger partial charge in [0, 0.05) is 17.8 Å². The quantitative estimate of drug-likeness (QED) is 0.758. The van der Waals surface area contributed by atoms with Gasteiger partial charge in [-0.15, -0.1) is 0 Å². The summed E-state index contributed by atoms with van der Waals surface area (Å²) in [5, 5.41) is 0. The van der Waals surface area contributed by atoms with Gasteiger partial charge in [0.05, 0.1) is 0 Å². The topological polar surface area (TPSA) is 29.3 Å². The molecule has 1 unspecified atom stereocenters. The van der Waals surface area contributed by atoms with E-state index >= 15 is 0 Å². The molecule has 2 saturated heterocycles. The third-order valence-electron chi connectivity index (χ3n) is 3.74. The van der Waals surface area contributed by atoms with Gasteiger partial charge >= 0.3 is 0 Å². The van der Waals surface area contributed by atoms with Gasteiger partial charge in [-0.25, -0.2) is 0 Å². The van der Waals surface area contributed by atoms with Crippen LogP contribution in [0.2, 0.25) is 0 Å². The minimum absolute atomic E-state index is 0.370. The van der Waals surface area contributed by atoms with Crippen LogP contribution >= 0.6 is 11.8 Å². The van der Waals surface area contributed by atoms with Gasteiger partial charge in [-0.05, 0) is 38.1 Å². The first-order valence-electron chi connectivity index (χ1n) is 5.90. The molecule has 0 amide bonds. The summed E-state index contributed by atoms with van der Waals surface area (Å²) in [5.41, 5.74) is 6.37. The fourth-order valence-corrected chi connectivity index (χ4v) is 4.17. The van der Waals surface area contributed by atoms with Crippen molar-refractivity contribution in [3.05, 3.63) is 0 Å². The molecule has 2 aliphatic heterocycles. The molecule has 0 spiro atoms. The zero-order valence-electron chi connectivity index (χ0n) is 9.00. The van der Waals surface area contributed by atoms with Crippen LogP contribution in [0.4, 0.5) is 0 Å². The number of nitrogens with two attached hydrogens (primary N) is 1. The molecule has 2 heterocycles. The standard InChI is InChI=1S/C11H22N2S/c12-9-11(5-8-14-10-11)13-6-3-1-2-4-7-13/h1-10,12H2. The van der Waals surface area contributed by atoms with E-state index < -0.39 is 0 Å². The molecule has 2 nitrogen and oxygen atoms in total. The molecule has 0 radical (unpaired) electrons.